The van der Waals surface area contributed by atoms with E-state index < -0.39 is 41.8 Å². The molecule has 2 heterocycles. The summed E-state index contributed by atoms with van der Waals surface area (Å²) < 4.78 is 8.47. The number of aliphatic carboxylic acids is 1. The molecule has 3 rings (SSSR count). The number of carbonyl (C=O) groups excluding carboxylic acids is 2. The molecule has 2 N–H and O–H groups in total. The Hall–Kier alpha value is -4.22. The van der Waals surface area contributed by atoms with Crippen LogP contribution in [0.5, 0.6) is 0 Å². The number of nitro benzene ring substituents is 1. The van der Waals surface area contributed by atoms with Gasteiger partial charge in [-0.05, 0) is 19.4 Å². The molecule has 1 aromatic rings. The quantitative estimate of drug-likeness (QED) is 0.283. The number of methoxy groups -OCH3 is 1. The van der Waals surface area contributed by atoms with Crippen LogP contribution in [0.2, 0.25) is 0 Å². The van der Waals surface area contributed by atoms with E-state index in [2.05, 4.69) is 4.74 Å². The van der Waals surface area contributed by atoms with Gasteiger partial charge < -0.3 is 24.6 Å². The van der Waals surface area contributed by atoms with Gasteiger partial charge in [0.2, 0.25) is 0 Å². The van der Waals surface area contributed by atoms with Gasteiger partial charge in [0.25, 0.3) is 5.69 Å². The Morgan fingerprint density at radius 1 is 1.12 bits per heavy atom. The minimum Gasteiger partial charge on any atom is -0.481 e. The second kappa shape index (κ2) is 9.73. The van der Waals surface area contributed by atoms with E-state index in [4.69, 9.17) is 14.9 Å². The number of nitro groups is 1. The van der Waals surface area contributed by atoms with Crippen LogP contribution in [0, 0.1) is 10.1 Å². The molecule has 0 amide bonds. The van der Waals surface area contributed by atoms with Gasteiger partial charge in [-0.1, -0.05) is 12.1 Å². The zero-order chi connectivity index (χ0) is 24.2. The van der Waals surface area contributed by atoms with Gasteiger partial charge in [-0.3, -0.25) is 19.7 Å². The van der Waals surface area contributed by atoms with Crippen LogP contribution in [0.25, 0.3) is 0 Å². The maximum Gasteiger partial charge on any atom is 0.513 e. The zero-order valence-electron chi connectivity index (χ0n) is 17.4. The summed E-state index contributed by atoms with van der Waals surface area (Å²) in [6, 6.07) is 6.40. The Morgan fingerprint density at radius 2 is 1.78 bits per heavy atom. The summed E-state index contributed by atoms with van der Waals surface area (Å²) >= 11 is 0. The van der Waals surface area contributed by atoms with Crippen molar-refractivity contribution in [1.29, 1.82) is 0 Å². The maximum atomic E-state index is 12.0. The number of rotatable bonds is 6. The first kappa shape index (κ1) is 24.1. The number of carboxylic acids is 1. The molecule has 0 aliphatic carbocycles. The molecule has 0 unspecified atom stereocenters. The van der Waals surface area contributed by atoms with Crippen molar-refractivity contribution in [3.63, 3.8) is 0 Å². The van der Waals surface area contributed by atoms with E-state index >= 15 is 0 Å². The lowest BCUT2D eigenvalue weighted by Gasteiger charge is -2.13. The minimum atomic E-state index is -1.72. The third kappa shape index (κ3) is 5.28. The molecule has 12 nitrogen and oxygen atoms in total. The number of esters is 2. The SMILES string of the molecule is COC(=O)C1=C(C)N2C(C)=C2[C@H]1c1cccc([N+](=O)[O-])c1.O=C(O)CCC(=O)OC(=O)O. The van der Waals surface area contributed by atoms with Crippen molar-refractivity contribution in [3.05, 3.63) is 62.6 Å². The average molecular weight is 448 g/mol. The first-order valence-electron chi connectivity index (χ1n) is 9.19. The molecule has 0 saturated heterocycles. The number of fused-ring (bicyclic) bond motifs is 1. The lowest BCUT2D eigenvalue weighted by Crippen LogP contribution is -2.12. The Labute approximate surface area is 181 Å². The average Bonchev–Trinajstić information content (AvgIpc) is 3.27. The van der Waals surface area contributed by atoms with Crippen LogP contribution in [-0.2, 0) is 23.9 Å². The Bertz CT molecular complexity index is 1060. The van der Waals surface area contributed by atoms with E-state index in [0.29, 0.717) is 5.57 Å². The molecule has 2 aliphatic heterocycles. The number of hydrogen-bond acceptors (Lipinski definition) is 9. The zero-order valence-corrected chi connectivity index (χ0v) is 17.4. The summed E-state index contributed by atoms with van der Waals surface area (Å²) in [5, 5.41) is 26.8. The van der Waals surface area contributed by atoms with Crippen LogP contribution in [0.15, 0.2) is 46.9 Å². The largest absolute Gasteiger partial charge is 0.513 e. The van der Waals surface area contributed by atoms with E-state index in [-0.39, 0.29) is 11.6 Å². The fraction of sp³-hybridized carbons (Fsp3) is 0.300. The summed E-state index contributed by atoms with van der Waals surface area (Å²) in [6.45, 7) is 3.83. The van der Waals surface area contributed by atoms with Crippen LogP contribution in [0.4, 0.5) is 10.5 Å². The molecule has 170 valence electrons. The Balaban J connectivity index is 0.000000282. The molecule has 0 spiro atoms. The second-order valence-electron chi connectivity index (χ2n) is 6.72. The van der Waals surface area contributed by atoms with Crippen LogP contribution in [0.1, 0.15) is 38.2 Å². The number of nitrogens with zero attached hydrogens (tertiary/aromatic N) is 2. The fourth-order valence-electron chi connectivity index (χ4n) is 3.38. The molecule has 0 aromatic heterocycles. The van der Waals surface area contributed by atoms with E-state index in [1.54, 1.807) is 12.1 Å². The molecular weight excluding hydrogens is 428 g/mol. The van der Waals surface area contributed by atoms with Gasteiger partial charge in [0.1, 0.15) is 0 Å². The van der Waals surface area contributed by atoms with E-state index in [1.165, 1.54) is 19.2 Å². The summed E-state index contributed by atoms with van der Waals surface area (Å²) in [5.41, 5.74) is 4.26. The minimum absolute atomic E-state index is 0.0201. The standard InChI is InChI=1S/C15H14N2O4.C5H6O6/c1-8-12(15(18)21-3)13(14-9(2)16(8)14)10-5-4-6-11(7-10)17(19)20;6-3(7)1-2-4(8)11-5(9)10/h4-7,13H,1-3H3;1-2H2,(H,6,7)(H,9,10)/t13-,16?;/m0./s1. The van der Waals surface area contributed by atoms with Crippen molar-refractivity contribution in [3.8, 4) is 0 Å². The number of carbonyl (C=O) groups is 4. The van der Waals surface area contributed by atoms with Gasteiger partial charge in [-0.2, -0.15) is 0 Å². The Morgan fingerprint density at radius 3 is 2.31 bits per heavy atom. The van der Waals surface area contributed by atoms with E-state index in [9.17, 15) is 29.3 Å². The first-order valence-corrected chi connectivity index (χ1v) is 9.19. The molecule has 0 fully saturated rings. The molecule has 0 bridgehead atoms. The van der Waals surface area contributed by atoms with Crippen molar-refractivity contribution in [2.24, 2.45) is 0 Å². The molecule has 32 heavy (non-hydrogen) atoms. The predicted molar refractivity (Wildman–Crippen MR) is 106 cm³/mol. The number of hydrogen-bond donors (Lipinski definition) is 2. The van der Waals surface area contributed by atoms with Crippen molar-refractivity contribution < 1.29 is 43.8 Å². The number of non-ortho nitro benzene ring substituents is 1. The van der Waals surface area contributed by atoms with Crippen molar-refractivity contribution in [1.82, 2.24) is 4.90 Å². The summed E-state index contributed by atoms with van der Waals surface area (Å²) in [4.78, 5) is 54.3. The normalized spacial score (nSPS) is 16.0. The molecule has 12 heteroatoms. The number of benzene rings is 1. The number of carboxylic acid groups (broad SMARTS) is 2. The summed E-state index contributed by atoms with van der Waals surface area (Å²) in [6.07, 6.45) is -2.58. The summed E-state index contributed by atoms with van der Waals surface area (Å²) in [5.74, 6) is -2.90. The molecule has 0 radical (unpaired) electrons. The van der Waals surface area contributed by atoms with Crippen LogP contribution in [0.3, 0.4) is 0 Å². The maximum absolute atomic E-state index is 12.0. The van der Waals surface area contributed by atoms with Gasteiger partial charge in [0.15, 0.2) is 0 Å². The highest BCUT2D eigenvalue weighted by Crippen LogP contribution is 2.56. The number of ether oxygens (including phenoxy) is 2. The Kier molecular flexibility index (Phi) is 7.31. The highest BCUT2D eigenvalue weighted by molar-refractivity contribution is 5.94. The van der Waals surface area contributed by atoms with E-state index in [1.807, 2.05) is 18.7 Å². The number of allylic oxidation sites excluding steroid dienone is 3. The molecule has 0 saturated carbocycles. The van der Waals surface area contributed by atoms with Crippen molar-refractivity contribution in [2.45, 2.75) is 32.6 Å². The summed E-state index contributed by atoms with van der Waals surface area (Å²) in [7, 11) is 1.34. The van der Waals surface area contributed by atoms with Gasteiger partial charge in [0.05, 0.1) is 42.1 Å². The molecule has 1 atom stereocenters. The second-order valence-corrected chi connectivity index (χ2v) is 6.72. The molecule has 1 aromatic carbocycles. The third-order valence-corrected chi connectivity index (χ3v) is 4.75. The monoisotopic (exact) mass is 448 g/mol. The van der Waals surface area contributed by atoms with Gasteiger partial charge in [-0.25, -0.2) is 9.59 Å². The highest BCUT2D eigenvalue weighted by Gasteiger charge is 2.49. The van der Waals surface area contributed by atoms with Crippen LogP contribution >= 0.6 is 0 Å². The first-order chi connectivity index (χ1) is 15.0. The van der Waals surface area contributed by atoms with Crippen LogP contribution < -0.4 is 0 Å². The predicted octanol–water partition coefficient (Wildman–Crippen LogP) is 2.76. The molecular formula is C20H20N2O10. The van der Waals surface area contributed by atoms with Crippen molar-refractivity contribution in [2.75, 3.05) is 7.11 Å². The highest BCUT2D eigenvalue weighted by atomic mass is 16.7. The van der Waals surface area contributed by atoms with Crippen LogP contribution in [-0.4, -0.2) is 51.2 Å². The third-order valence-electron chi connectivity index (χ3n) is 4.75. The van der Waals surface area contributed by atoms with Gasteiger partial charge >= 0.3 is 24.1 Å². The molecule has 2 aliphatic rings. The van der Waals surface area contributed by atoms with Gasteiger partial charge in [0, 0.05) is 23.5 Å². The van der Waals surface area contributed by atoms with Gasteiger partial charge in [-0.15, -0.1) is 0 Å². The smallest absolute Gasteiger partial charge is 0.481 e. The van der Waals surface area contributed by atoms with Crippen molar-refractivity contribution >= 4 is 29.8 Å². The lowest BCUT2D eigenvalue weighted by atomic mass is 9.90. The fourth-order valence-corrected chi connectivity index (χ4v) is 3.38. The van der Waals surface area contributed by atoms with E-state index in [0.717, 1.165) is 22.7 Å². The lowest BCUT2D eigenvalue weighted by molar-refractivity contribution is -0.384. The topological polar surface area (TPSA) is 173 Å².